The smallest absolute Gasteiger partial charge is 0.196 e. The Bertz CT molecular complexity index is 643. The lowest BCUT2D eigenvalue weighted by atomic mass is 10.0. The van der Waals surface area contributed by atoms with Crippen molar-refractivity contribution >= 4 is 33.3 Å². The molecule has 0 aliphatic heterocycles. The van der Waals surface area contributed by atoms with E-state index >= 15 is 0 Å². The van der Waals surface area contributed by atoms with Gasteiger partial charge in [0.25, 0.3) is 0 Å². The maximum atomic E-state index is 13.8. The maximum Gasteiger partial charge on any atom is 0.196 e. The first kappa shape index (κ1) is 14.0. The molecule has 0 spiro atoms. The molecule has 0 fully saturated rings. The van der Waals surface area contributed by atoms with Gasteiger partial charge >= 0.3 is 0 Å². The van der Waals surface area contributed by atoms with E-state index in [1.165, 1.54) is 25.3 Å². The van der Waals surface area contributed by atoms with Crippen LogP contribution in [0.15, 0.2) is 40.9 Å². The first-order valence-electron chi connectivity index (χ1n) is 5.37. The van der Waals surface area contributed by atoms with E-state index in [-0.39, 0.29) is 10.6 Å². The molecule has 0 saturated heterocycles. The van der Waals surface area contributed by atoms with Crippen LogP contribution in [0.3, 0.4) is 0 Å². The number of hydrogen-bond donors (Lipinski definition) is 0. The molecule has 0 saturated carbocycles. The van der Waals surface area contributed by atoms with Crippen molar-refractivity contribution in [2.45, 2.75) is 0 Å². The van der Waals surface area contributed by atoms with Crippen LogP contribution in [0.2, 0.25) is 5.02 Å². The Morgan fingerprint density at radius 3 is 2.68 bits per heavy atom. The lowest BCUT2D eigenvalue weighted by molar-refractivity contribution is 0.103. The molecule has 0 N–H and O–H groups in total. The molecule has 2 rings (SSSR count). The zero-order valence-corrected chi connectivity index (χ0v) is 12.3. The number of halogens is 3. The van der Waals surface area contributed by atoms with E-state index in [1.807, 2.05) is 0 Å². The van der Waals surface area contributed by atoms with Crippen LogP contribution in [0.5, 0.6) is 5.75 Å². The van der Waals surface area contributed by atoms with Crippen molar-refractivity contribution in [2.75, 3.05) is 7.11 Å². The lowest BCUT2D eigenvalue weighted by Gasteiger charge is -2.07. The van der Waals surface area contributed by atoms with Crippen molar-refractivity contribution in [1.82, 2.24) is 0 Å². The summed E-state index contributed by atoms with van der Waals surface area (Å²) in [7, 11) is 1.53. The quantitative estimate of drug-likeness (QED) is 0.768. The minimum atomic E-state index is -0.707. The summed E-state index contributed by atoms with van der Waals surface area (Å²) in [6, 6.07) is 9.14. The van der Waals surface area contributed by atoms with Crippen molar-refractivity contribution < 1.29 is 13.9 Å². The Balaban J connectivity index is 2.44. The van der Waals surface area contributed by atoms with Crippen LogP contribution in [0.1, 0.15) is 15.9 Å². The van der Waals surface area contributed by atoms with Crippen LogP contribution >= 0.6 is 27.5 Å². The third-order valence-corrected chi connectivity index (χ3v) is 3.52. The normalized spacial score (nSPS) is 10.3. The number of ether oxygens (including phenoxy) is 1. The number of methoxy groups -OCH3 is 1. The first-order chi connectivity index (χ1) is 9.04. The Kier molecular flexibility index (Phi) is 4.22. The second kappa shape index (κ2) is 5.72. The van der Waals surface area contributed by atoms with Gasteiger partial charge in [-0.2, -0.15) is 0 Å². The third-order valence-electron chi connectivity index (χ3n) is 2.61. The van der Waals surface area contributed by atoms with Crippen molar-refractivity contribution in [1.29, 1.82) is 0 Å². The van der Waals surface area contributed by atoms with Crippen molar-refractivity contribution in [3.63, 3.8) is 0 Å². The van der Waals surface area contributed by atoms with Gasteiger partial charge in [0, 0.05) is 5.56 Å². The number of carbonyl (C=O) groups excluding carboxylic acids is 1. The average Bonchev–Trinajstić information content (AvgIpc) is 2.41. The Morgan fingerprint density at radius 2 is 2.05 bits per heavy atom. The van der Waals surface area contributed by atoms with Gasteiger partial charge in [-0.3, -0.25) is 4.79 Å². The van der Waals surface area contributed by atoms with Gasteiger partial charge in [-0.25, -0.2) is 4.39 Å². The highest BCUT2D eigenvalue weighted by Gasteiger charge is 2.17. The van der Waals surface area contributed by atoms with E-state index in [2.05, 4.69) is 15.9 Å². The fraction of sp³-hybridized carbons (Fsp3) is 0.0714. The molecule has 0 aliphatic rings. The Morgan fingerprint density at radius 1 is 1.32 bits per heavy atom. The number of benzene rings is 2. The summed E-state index contributed by atoms with van der Waals surface area (Å²) in [5.41, 5.74) is 0.304. The molecule has 0 bridgehead atoms. The molecule has 5 heteroatoms. The van der Waals surface area contributed by atoms with Crippen molar-refractivity contribution in [2.24, 2.45) is 0 Å². The molecule has 0 unspecified atom stereocenters. The molecule has 19 heavy (non-hydrogen) atoms. The summed E-state index contributed by atoms with van der Waals surface area (Å²) in [5, 5.41) is -0.0709. The molecule has 0 aromatic heterocycles. The van der Waals surface area contributed by atoms with Crippen molar-refractivity contribution in [3.8, 4) is 5.75 Å². The van der Waals surface area contributed by atoms with Crippen LogP contribution in [0.4, 0.5) is 4.39 Å². The van der Waals surface area contributed by atoms with E-state index in [0.29, 0.717) is 15.8 Å². The average molecular weight is 344 g/mol. The van der Waals surface area contributed by atoms with Gasteiger partial charge in [0.2, 0.25) is 0 Å². The van der Waals surface area contributed by atoms with Crippen LogP contribution in [-0.2, 0) is 0 Å². The highest BCUT2D eigenvalue weighted by molar-refractivity contribution is 9.10. The summed E-state index contributed by atoms with van der Waals surface area (Å²) in [5.74, 6) is -0.535. The van der Waals surface area contributed by atoms with Gasteiger partial charge in [0.05, 0.1) is 22.2 Å². The summed E-state index contributed by atoms with van der Waals surface area (Å²) in [6.07, 6.45) is 0. The second-order valence-corrected chi connectivity index (χ2v) is 5.04. The molecule has 0 atom stereocenters. The summed E-state index contributed by atoms with van der Waals surface area (Å²) in [4.78, 5) is 12.2. The van der Waals surface area contributed by atoms with E-state index in [4.69, 9.17) is 16.3 Å². The number of hydrogen-bond acceptors (Lipinski definition) is 2. The molecule has 0 heterocycles. The fourth-order valence-corrected chi connectivity index (χ4v) is 2.36. The molecule has 2 aromatic rings. The fourth-order valence-electron chi connectivity index (χ4n) is 1.64. The van der Waals surface area contributed by atoms with Gasteiger partial charge in [-0.15, -0.1) is 0 Å². The largest absolute Gasteiger partial charge is 0.496 e. The van der Waals surface area contributed by atoms with Crippen LogP contribution in [-0.4, -0.2) is 12.9 Å². The number of rotatable bonds is 3. The standard InChI is InChI=1S/C14H9BrClFO2/c1-19-12-6-5-8(7-10(12)15)14(18)9-3-2-4-11(16)13(9)17/h2-7H,1H3. The topological polar surface area (TPSA) is 26.3 Å². The number of carbonyl (C=O) groups is 1. The van der Waals surface area contributed by atoms with Gasteiger partial charge < -0.3 is 4.74 Å². The predicted molar refractivity (Wildman–Crippen MR) is 75.5 cm³/mol. The second-order valence-electron chi connectivity index (χ2n) is 3.78. The van der Waals surface area contributed by atoms with Gasteiger partial charge in [0.1, 0.15) is 5.75 Å². The van der Waals surface area contributed by atoms with E-state index in [1.54, 1.807) is 18.2 Å². The monoisotopic (exact) mass is 342 g/mol. The Hall–Kier alpha value is -1.39. The molecule has 2 nitrogen and oxygen atoms in total. The summed E-state index contributed by atoms with van der Waals surface area (Å²) < 4.78 is 19.5. The van der Waals surface area contributed by atoms with E-state index in [0.717, 1.165) is 0 Å². The van der Waals surface area contributed by atoms with E-state index < -0.39 is 11.6 Å². The third kappa shape index (κ3) is 2.80. The molecular weight excluding hydrogens is 335 g/mol. The number of ketones is 1. The predicted octanol–water partition coefficient (Wildman–Crippen LogP) is 4.48. The van der Waals surface area contributed by atoms with Crippen LogP contribution < -0.4 is 4.74 Å². The highest BCUT2D eigenvalue weighted by atomic mass is 79.9. The summed E-state index contributed by atoms with van der Waals surface area (Å²) >= 11 is 8.95. The van der Waals surface area contributed by atoms with Crippen LogP contribution in [0, 0.1) is 5.82 Å². The molecule has 0 amide bonds. The zero-order chi connectivity index (χ0) is 14.0. The van der Waals surface area contributed by atoms with E-state index in [9.17, 15) is 9.18 Å². The van der Waals surface area contributed by atoms with Gasteiger partial charge in [0.15, 0.2) is 11.6 Å². The zero-order valence-electron chi connectivity index (χ0n) is 9.91. The highest BCUT2D eigenvalue weighted by Crippen LogP contribution is 2.27. The van der Waals surface area contributed by atoms with Crippen LogP contribution in [0.25, 0.3) is 0 Å². The maximum absolute atomic E-state index is 13.8. The molecule has 2 aromatic carbocycles. The summed E-state index contributed by atoms with van der Waals surface area (Å²) in [6.45, 7) is 0. The Labute approximate surface area is 123 Å². The van der Waals surface area contributed by atoms with Gasteiger partial charge in [-0.1, -0.05) is 17.7 Å². The minimum Gasteiger partial charge on any atom is -0.496 e. The van der Waals surface area contributed by atoms with Gasteiger partial charge in [-0.05, 0) is 46.3 Å². The first-order valence-corrected chi connectivity index (χ1v) is 6.54. The van der Waals surface area contributed by atoms with Crippen molar-refractivity contribution in [3.05, 3.63) is 62.8 Å². The molecule has 98 valence electrons. The molecule has 0 radical (unpaired) electrons. The minimum absolute atomic E-state index is 0.0513. The SMILES string of the molecule is COc1ccc(C(=O)c2cccc(Cl)c2F)cc1Br. The lowest BCUT2D eigenvalue weighted by Crippen LogP contribution is -2.04. The molecular formula is C14H9BrClFO2. The molecule has 0 aliphatic carbocycles.